The molecule has 7 heteroatoms. The molecule has 0 unspecified atom stereocenters. The summed E-state index contributed by atoms with van der Waals surface area (Å²) < 4.78 is 19.0. The Labute approximate surface area is 183 Å². The smallest absolute Gasteiger partial charge is 0.191 e. The lowest BCUT2D eigenvalue weighted by Gasteiger charge is -2.28. The number of nitrogens with zero attached hydrogens (tertiary/aromatic N) is 2. The van der Waals surface area contributed by atoms with Crippen LogP contribution in [0.4, 0.5) is 10.1 Å². The number of benzene rings is 2. The molecular weight excluding hydrogens is 470 g/mol. The van der Waals surface area contributed by atoms with Crippen LogP contribution in [0.3, 0.4) is 0 Å². The van der Waals surface area contributed by atoms with Crippen molar-refractivity contribution in [2.24, 2.45) is 4.99 Å². The van der Waals surface area contributed by atoms with Crippen molar-refractivity contribution in [3.8, 4) is 0 Å². The molecule has 3 rings (SSSR count). The van der Waals surface area contributed by atoms with Gasteiger partial charge in [0.25, 0.3) is 0 Å². The summed E-state index contributed by atoms with van der Waals surface area (Å²) in [6.45, 7) is 4.77. The first-order valence-electron chi connectivity index (χ1n) is 9.36. The number of halogens is 2. The SMILES string of the molecule is CN=C(NCCc1ccccc1F)NCc1ccc(N2CCOCC2)cc1.I. The zero-order valence-corrected chi connectivity index (χ0v) is 18.5. The molecular formula is C21H28FIN4O. The minimum atomic E-state index is -0.164. The summed E-state index contributed by atoms with van der Waals surface area (Å²) in [6, 6.07) is 15.4. The van der Waals surface area contributed by atoms with Crippen molar-refractivity contribution < 1.29 is 9.13 Å². The van der Waals surface area contributed by atoms with E-state index in [-0.39, 0.29) is 29.8 Å². The van der Waals surface area contributed by atoms with E-state index in [1.165, 1.54) is 17.3 Å². The van der Waals surface area contributed by atoms with Crippen molar-refractivity contribution in [2.45, 2.75) is 13.0 Å². The Balaban J connectivity index is 0.00000280. The molecule has 0 saturated carbocycles. The van der Waals surface area contributed by atoms with E-state index in [2.05, 4.69) is 44.8 Å². The molecule has 2 N–H and O–H groups in total. The molecule has 0 aromatic heterocycles. The minimum Gasteiger partial charge on any atom is -0.378 e. The average Bonchev–Trinajstić information content (AvgIpc) is 2.73. The van der Waals surface area contributed by atoms with E-state index in [0.29, 0.717) is 31.0 Å². The maximum atomic E-state index is 13.6. The van der Waals surface area contributed by atoms with Gasteiger partial charge in [0, 0.05) is 38.9 Å². The second-order valence-corrected chi connectivity index (χ2v) is 6.46. The zero-order valence-electron chi connectivity index (χ0n) is 16.2. The van der Waals surface area contributed by atoms with Crippen LogP contribution in [0.15, 0.2) is 53.5 Å². The Hall–Kier alpha value is -1.87. The molecule has 0 spiro atoms. The second kappa shape index (κ2) is 11.9. The van der Waals surface area contributed by atoms with Gasteiger partial charge in [-0.1, -0.05) is 30.3 Å². The molecule has 0 radical (unpaired) electrons. The topological polar surface area (TPSA) is 48.9 Å². The third-order valence-corrected chi connectivity index (χ3v) is 4.64. The molecule has 1 saturated heterocycles. The Morgan fingerprint density at radius 2 is 1.79 bits per heavy atom. The van der Waals surface area contributed by atoms with Crippen LogP contribution in [0.5, 0.6) is 0 Å². The Kier molecular flexibility index (Phi) is 9.49. The number of aliphatic imine (C=N–C) groups is 1. The first-order chi connectivity index (χ1) is 13.3. The highest BCUT2D eigenvalue weighted by Gasteiger charge is 2.10. The van der Waals surface area contributed by atoms with Gasteiger partial charge in [0.2, 0.25) is 0 Å². The lowest BCUT2D eigenvalue weighted by molar-refractivity contribution is 0.122. The van der Waals surface area contributed by atoms with Crippen LogP contribution < -0.4 is 15.5 Å². The molecule has 1 heterocycles. The van der Waals surface area contributed by atoms with Gasteiger partial charge in [0.05, 0.1) is 13.2 Å². The summed E-state index contributed by atoms with van der Waals surface area (Å²) in [5.41, 5.74) is 3.12. The molecule has 0 atom stereocenters. The fourth-order valence-electron chi connectivity index (χ4n) is 3.07. The number of morpholine rings is 1. The van der Waals surface area contributed by atoms with Gasteiger partial charge in [-0.3, -0.25) is 4.99 Å². The Bertz CT molecular complexity index is 748. The Morgan fingerprint density at radius 1 is 1.07 bits per heavy atom. The van der Waals surface area contributed by atoms with E-state index in [9.17, 15) is 4.39 Å². The first kappa shape index (κ1) is 22.4. The van der Waals surface area contributed by atoms with E-state index in [1.807, 2.05) is 12.1 Å². The third-order valence-electron chi connectivity index (χ3n) is 4.64. The number of nitrogens with one attached hydrogen (secondary N) is 2. The number of anilines is 1. The normalized spacial score (nSPS) is 14.4. The second-order valence-electron chi connectivity index (χ2n) is 6.46. The minimum absolute atomic E-state index is 0. The third kappa shape index (κ3) is 6.63. The lowest BCUT2D eigenvalue weighted by Crippen LogP contribution is -2.38. The highest BCUT2D eigenvalue weighted by atomic mass is 127. The van der Waals surface area contributed by atoms with Gasteiger partial charge in [0.15, 0.2) is 5.96 Å². The van der Waals surface area contributed by atoms with Crippen LogP contribution in [0.1, 0.15) is 11.1 Å². The summed E-state index contributed by atoms with van der Waals surface area (Å²) in [5, 5.41) is 6.53. The van der Waals surface area contributed by atoms with Crippen molar-refractivity contribution in [3.05, 3.63) is 65.5 Å². The van der Waals surface area contributed by atoms with Crippen LogP contribution >= 0.6 is 24.0 Å². The maximum Gasteiger partial charge on any atom is 0.191 e. The summed E-state index contributed by atoms with van der Waals surface area (Å²) >= 11 is 0. The zero-order chi connectivity index (χ0) is 18.9. The van der Waals surface area contributed by atoms with Crippen molar-refractivity contribution in [3.63, 3.8) is 0 Å². The van der Waals surface area contributed by atoms with Gasteiger partial charge in [-0.15, -0.1) is 24.0 Å². The number of rotatable bonds is 6. The monoisotopic (exact) mass is 498 g/mol. The van der Waals surface area contributed by atoms with Crippen molar-refractivity contribution in [1.29, 1.82) is 0 Å². The van der Waals surface area contributed by atoms with Gasteiger partial charge in [-0.2, -0.15) is 0 Å². The number of guanidine groups is 1. The standard InChI is InChI=1S/C21H27FN4O.HI/c1-23-21(24-11-10-18-4-2-3-5-20(18)22)25-16-17-6-8-19(9-7-17)26-12-14-27-15-13-26;/h2-9H,10-16H2,1H3,(H2,23,24,25);1H. The van der Waals surface area contributed by atoms with Crippen molar-refractivity contribution >= 4 is 35.6 Å². The van der Waals surface area contributed by atoms with Crippen LogP contribution in [0, 0.1) is 5.82 Å². The van der Waals surface area contributed by atoms with Crippen LogP contribution in [0.2, 0.25) is 0 Å². The highest BCUT2D eigenvalue weighted by molar-refractivity contribution is 14.0. The van der Waals surface area contributed by atoms with Crippen molar-refractivity contribution in [1.82, 2.24) is 10.6 Å². The predicted molar refractivity (Wildman–Crippen MR) is 123 cm³/mol. The van der Waals surface area contributed by atoms with Crippen molar-refractivity contribution in [2.75, 3.05) is 44.8 Å². The van der Waals surface area contributed by atoms with Crippen LogP contribution in [0.25, 0.3) is 0 Å². The van der Waals surface area contributed by atoms with E-state index >= 15 is 0 Å². The first-order valence-corrected chi connectivity index (χ1v) is 9.36. The molecule has 0 aliphatic carbocycles. The molecule has 0 bridgehead atoms. The molecule has 1 aliphatic heterocycles. The molecule has 2 aromatic carbocycles. The van der Waals surface area contributed by atoms with Crippen LogP contribution in [-0.2, 0) is 17.7 Å². The van der Waals surface area contributed by atoms with Gasteiger partial charge < -0.3 is 20.3 Å². The van der Waals surface area contributed by atoms with E-state index in [0.717, 1.165) is 26.3 Å². The molecule has 0 amide bonds. The predicted octanol–water partition coefficient (Wildman–Crippen LogP) is 3.19. The molecule has 152 valence electrons. The van der Waals surface area contributed by atoms with Gasteiger partial charge in [-0.05, 0) is 35.7 Å². The van der Waals surface area contributed by atoms with E-state index in [4.69, 9.17) is 4.74 Å². The number of ether oxygens (including phenoxy) is 1. The van der Waals surface area contributed by atoms with E-state index < -0.39 is 0 Å². The molecule has 1 aliphatic rings. The van der Waals surface area contributed by atoms with Gasteiger partial charge in [-0.25, -0.2) is 4.39 Å². The summed E-state index contributed by atoms with van der Waals surface area (Å²) in [6.07, 6.45) is 0.613. The molecule has 28 heavy (non-hydrogen) atoms. The van der Waals surface area contributed by atoms with Gasteiger partial charge in [0.1, 0.15) is 5.82 Å². The lowest BCUT2D eigenvalue weighted by atomic mass is 10.1. The summed E-state index contributed by atoms with van der Waals surface area (Å²) in [7, 11) is 1.74. The number of hydrogen-bond donors (Lipinski definition) is 2. The molecule has 5 nitrogen and oxygen atoms in total. The largest absolute Gasteiger partial charge is 0.378 e. The quantitative estimate of drug-likeness (QED) is 0.365. The maximum absolute atomic E-state index is 13.6. The Morgan fingerprint density at radius 3 is 2.46 bits per heavy atom. The van der Waals surface area contributed by atoms with Gasteiger partial charge >= 0.3 is 0 Å². The summed E-state index contributed by atoms with van der Waals surface area (Å²) in [5.74, 6) is 0.547. The number of hydrogen-bond acceptors (Lipinski definition) is 3. The highest BCUT2D eigenvalue weighted by Crippen LogP contribution is 2.16. The molecule has 2 aromatic rings. The fourth-order valence-corrected chi connectivity index (χ4v) is 3.07. The van der Waals surface area contributed by atoms with E-state index in [1.54, 1.807) is 13.1 Å². The molecule has 1 fully saturated rings. The average molecular weight is 498 g/mol. The summed E-state index contributed by atoms with van der Waals surface area (Å²) in [4.78, 5) is 6.56. The fraction of sp³-hybridized carbons (Fsp3) is 0.381. The van der Waals surface area contributed by atoms with Crippen LogP contribution in [-0.4, -0.2) is 45.9 Å².